The molecule has 1 saturated heterocycles. The summed E-state index contributed by atoms with van der Waals surface area (Å²) in [5.41, 5.74) is 2.50. The van der Waals surface area contributed by atoms with Crippen LogP contribution in [0.2, 0.25) is 0 Å². The zero-order chi connectivity index (χ0) is 28.3. The van der Waals surface area contributed by atoms with Crippen LogP contribution in [0.4, 0.5) is 0 Å². The molecule has 4 aromatic rings. The molecular formula is C29H30N6O5S. The van der Waals surface area contributed by atoms with Crippen LogP contribution in [-0.4, -0.2) is 66.7 Å². The molecular weight excluding hydrogens is 544 g/mol. The van der Waals surface area contributed by atoms with Gasteiger partial charge in [0, 0.05) is 31.7 Å². The number of ether oxygens (including phenoxy) is 1. The number of nitrogens with zero attached hydrogens (tertiary/aromatic N) is 5. The topological polar surface area (TPSA) is 132 Å². The van der Waals surface area contributed by atoms with Gasteiger partial charge in [0.2, 0.25) is 0 Å². The molecule has 12 heteroatoms. The smallest absolute Gasteiger partial charge is 0.335 e. The van der Waals surface area contributed by atoms with Crippen LogP contribution in [-0.2, 0) is 13.1 Å². The summed E-state index contributed by atoms with van der Waals surface area (Å²) in [5.74, 6) is 0.675. The molecule has 0 radical (unpaired) electrons. The Morgan fingerprint density at radius 3 is 2.61 bits per heavy atom. The highest BCUT2D eigenvalue weighted by atomic mass is 32.2. The molecule has 3 aliphatic heterocycles. The molecule has 3 aromatic heterocycles. The van der Waals surface area contributed by atoms with Gasteiger partial charge < -0.3 is 20.1 Å². The number of piperidine rings is 1. The van der Waals surface area contributed by atoms with E-state index in [-0.39, 0.29) is 17.2 Å². The fraction of sp³-hybridized carbons (Fsp3) is 0.345. The van der Waals surface area contributed by atoms with Gasteiger partial charge in [-0.1, -0.05) is 30.0 Å². The second-order valence-corrected chi connectivity index (χ2v) is 11.2. The van der Waals surface area contributed by atoms with Gasteiger partial charge in [0.25, 0.3) is 11.1 Å². The summed E-state index contributed by atoms with van der Waals surface area (Å²) < 4.78 is 8.95. The Morgan fingerprint density at radius 1 is 1.05 bits per heavy atom. The first-order valence-corrected chi connectivity index (χ1v) is 14.5. The SMILES string of the molecule is O=C(O)c1ccccc1.O=c1ccc2ncc(=O)n3c2n1C[C@@H]3CN1CCC(NCc2cc3c(cn2)OCS3)CC1. The van der Waals surface area contributed by atoms with E-state index in [9.17, 15) is 14.4 Å². The van der Waals surface area contributed by atoms with Crippen LogP contribution in [0, 0.1) is 0 Å². The number of rotatable bonds is 6. The minimum atomic E-state index is -0.879. The summed E-state index contributed by atoms with van der Waals surface area (Å²) in [4.78, 5) is 47.4. The number of aromatic nitrogens is 4. The zero-order valence-electron chi connectivity index (χ0n) is 22.3. The lowest BCUT2D eigenvalue weighted by Crippen LogP contribution is -2.44. The molecule has 7 rings (SSSR count). The van der Waals surface area contributed by atoms with Gasteiger partial charge in [-0.3, -0.25) is 23.7 Å². The van der Waals surface area contributed by atoms with E-state index in [1.54, 1.807) is 57.3 Å². The number of carboxylic acid groups (broad SMARTS) is 1. The van der Waals surface area contributed by atoms with Crippen LogP contribution in [0.25, 0.3) is 11.2 Å². The van der Waals surface area contributed by atoms with Crippen LogP contribution in [0.5, 0.6) is 5.75 Å². The maximum atomic E-state index is 12.5. The van der Waals surface area contributed by atoms with Gasteiger partial charge in [-0.25, -0.2) is 9.78 Å². The zero-order valence-corrected chi connectivity index (χ0v) is 23.1. The summed E-state index contributed by atoms with van der Waals surface area (Å²) in [6.45, 7) is 3.97. The molecule has 0 amide bonds. The molecule has 1 fully saturated rings. The Hall–Kier alpha value is -4.00. The Labute approximate surface area is 239 Å². The van der Waals surface area contributed by atoms with Crippen molar-refractivity contribution in [1.82, 2.24) is 29.3 Å². The third-order valence-electron chi connectivity index (χ3n) is 7.64. The van der Waals surface area contributed by atoms with Gasteiger partial charge in [-0.05, 0) is 50.2 Å². The number of aromatic carboxylic acids is 1. The van der Waals surface area contributed by atoms with Crippen molar-refractivity contribution in [3.05, 3.63) is 92.9 Å². The third-order valence-corrected chi connectivity index (χ3v) is 8.50. The van der Waals surface area contributed by atoms with E-state index in [1.807, 2.05) is 6.20 Å². The highest BCUT2D eigenvalue weighted by Crippen LogP contribution is 2.35. The lowest BCUT2D eigenvalue weighted by molar-refractivity contribution is 0.0697. The average molecular weight is 575 g/mol. The normalized spacial score (nSPS) is 18.0. The standard InChI is InChI=1S/C22H24N6O3S.C7H6O2/c29-20-2-1-17-22-27(20)12-16(28(22)21(30)10-25-17)11-26-5-3-14(4-6-26)23-8-15-7-19-18(9-24-15)31-13-32-19;8-7(9)6-4-2-1-3-5-6/h1-2,7,9-10,14,16,23H,3-6,8,11-13H2;1-5H,(H,8,9)/t16-;/m0./s1. The van der Waals surface area contributed by atoms with E-state index in [0.717, 1.165) is 50.5 Å². The minimum Gasteiger partial charge on any atom is -0.480 e. The van der Waals surface area contributed by atoms with Crippen LogP contribution in [0.3, 0.4) is 0 Å². The Bertz CT molecular complexity index is 1680. The maximum absolute atomic E-state index is 12.5. The second-order valence-electron chi connectivity index (χ2n) is 10.3. The van der Waals surface area contributed by atoms with Crippen LogP contribution >= 0.6 is 11.8 Å². The van der Waals surface area contributed by atoms with Crippen molar-refractivity contribution in [1.29, 1.82) is 0 Å². The molecule has 11 nitrogen and oxygen atoms in total. The number of pyridine rings is 2. The molecule has 1 aromatic carbocycles. The molecule has 0 spiro atoms. The first-order valence-electron chi connectivity index (χ1n) is 13.6. The summed E-state index contributed by atoms with van der Waals surface area (Å²) in [6.07, 6.45) is 5.27. The molecule has 6 heterocycles. The molecule has 0 saturated carbocycles. The highest BCUT2D eigenvalue weighted by molar-refractivity contribution is 7.99. The average Bonchev–Trinajstić information content (AvgIpc) is 3.62. The van der Waals surface area contributed by atoms with E-state index >= 15 is 0 Å². The number of hydrogen-bond acceptors (Lipinski definition) is 9. The monoisotopic (exact) mass is 574 g/mol. The molecule has 41 heavy (non-hydrogen) atoms. The molecule has 0 unspecified atom stereocenters. The summed E-state index contributed by atoms with van der Waals surface area (Å²) in [6, 6.07) is 14.1. The number of carbonyl (C=O) groups is 1. The fourth-order valence-corrected chi connectivity index (χ4v) is 6.34. The van der Waals surface area contributed by atoms with Crippen molar-refractivity contribution in [2.45, 2.75) is 42.9 Å². The molecule has 212 valence electrons. The van der Waals surface area contributed by atoms with E-state index < -0.39 is 5.97 Å². The van der Waals surface area contributed by atoms with Gasteiger partial charge in [0.1, 0.15) is 17.1 Å². The fourth-order valence-electron chi connectivity index (χ4n) is 5.55. The van der Waals surface area contributed by atoms with Crippen molar-refractivity contribution in [3.63, 3.8) is 0 Å². The number of fused-ring (bicyclic) bond motifs is 1. The van der Waals surface area contributed by atoms with E-state index in [0.29, 0.717) is 35.3 Å². The number of benzene rings is 1. The van der Waals surface area contributed by atoms with Gasteiger partial charge in [0.05, 0.1) is 34.6 Å². The third kappa shape index (κ3) is 5.90. The Kier molecular flexibility index (Phi) is 7.86. The minimum absolute atomic E-state index is 0.0389. The van der Waals surface area contributed by atoms with Crippen molar-refractivity contribution in [2.24, 2.45) is 0 Å². The predicted octanol–water partition coefficient (Wildman–Crippen LogP) is 2.59. The molecule has 1 atom stereocenters. The molecule has 0 aliphatic carbocycles. The summed E-state index contributed by atoms with van der Waals surface area (Å²) >= 11 is 1.71. The van der Waals surface area contributed by atoms with Crippen molar-refractivity contribution < 1.29 is 14.6 Å². The summed E-state index contributed by atoms with van der Waals surface area (Å²) in [5, 5.41) is 12.0. The van der Waals surface area contributed by atoms with E-state index in [2.05, 4.69) is 26.3 Å². The lowest BCUT2D eigenvalue weighted by atomic mass is 10.0. The Balaban J connectivity index is 0.000000289. The largest absolute Gasteiger partial charge is 0.480 e. The van der Waals surface area contributed by atoms with Crippen molar-refractivity contribution in [2.75, 3.05) is 25.6 Å². The molecule has 2 N–H and O–H groups in total. The van der Waals surface area contributed by atoms with E-state index in [1.165, 1.54) is 17.2 Å². The predicted molar refractivity (Wildman–Crippen MR) is 155 cm³/mol. The highest BCUT2D eigenvalue weighted by Gasteiger charge is 2.29. The number of nitrogens with one attached hydrogen (secondary N) is 1. The van der Waals surface area contributed by atoms with Gasteiger partial charge in [-0.15, -0.1) is 0 Å². The van der Waals surface area contributed by atoms with Crippen LogP contribution in [0.1, 0.15) is 34.9 Å². The lowest BCUT2D eigenvalue weighted by Gasteiger charge is -2.34. The van der Waals surface area contributed by atoms with Gasteiger partial charge in [0.15, 0.2) is 5.75 Å². The number of thioether (sulfide) groups is 1. The quantitative estimate of drug-likeness (QED) is 0.354. The maximum Gasteiger partial charge on any atom is 0.335 e. The van der Waals surface area contributed by atoms with E-state index in [4.69, 9.17) is 9.84 Å². The second kappa shape index (κ2) is 11.9. The summed E-state index contributed by atoms with van der Waals surface area (Å²) in [7, 11) is 0. The first kappa shape index (κ1) is 27.2. The molecule has 0 bridgehead atoms. The number of hydrogen-bond donors (Lipinski definition) is 2. The van der Waals surface area contributed by atoms with Crippen LogP contribution < -0.4 is 21.2 Å². The van der Waals surface area contributed by atoms with Crippen LogP contribution in [0.15, 0.2) is 75.4 Å². The number of likely N-dealkylation sites (tertiary alicyclic amines) is 1. The first-order chi connectivity index (χ1) is 20.0. The van der Waals surface area contributed by atoms with Gasteiger partial charge in [-0.2, -0.15) is 0 Å². The van der Waals surface area contributed by atoms with Crippen molar-refractivity contribution >= 4 is 28.9 Å². The molecule has 3 aliphatic rings. The Morgan fingerprint density at radius 2 is 1.85 bits per heavy atom. The number of carboxylic acids is 1. The van der Waals surface area contributed by atoms with Crippen molar-refractivity contribution in [3.8, 4) is 5.75 Å². The van der Waals surface area contributed by atoms with Gasteiger partial charge >= 0.3 is 5.97 Å².